The van der Waals surface area contributed by atoms with Crippen molar-refractivity contribution in [3.8, 4) is 5.75 Å². The van der Waals surface area contributed by atoms with Crippen LogP contribution in [0.4, 0.5) is 5.69 Å². The number of carbonyl (C=O) groups is 2. The minimum absolute atomic E-state index is 0.323. The zero-order valence-corrected chi connectivity index (χ0v) is 15.8. The lowest BCUT2D eigenvalue weighted by Gasteiger charge is -2.23. The lowest BCUT2D eigenvalue weighted by atomic mass is 9.90. The molecule has 0 saturated carbocycles. The summed E-state index contributed by atoms with van der Waals surface area (Å²) in [6.45, 7) is 5.66. The Morgan fingerprint density at radius 3 is 2.04 bits per heavy atom. The molecule has 5 heteroatoms. The van der Waals surface area contributed by atoms with Gasteiger partial charge in [-0.1, -0.05) is 31.2 Å². The van der Waals surface area contributed by atoms with Gasteiger partial charge in [0.25, 0.3) is 0 Å². The van der Waals surface area contributed by atoms with E-state index in [2.05, 4.69) is 17.6 Å². The van der Waals surface area contributed by atoms with E-state index in [9.17, 15) is 9.59 Å². The Morgan fingerprint density at radius 2 is 1.50 bits per heavy atom. The van der Waals surface area contributed by atoms with Gasteiger partial charge in [0, 0.05) is 12.2 Å². The van der Waals surface area contributed by atoms with Gasteiger partial charge in [-0.3, -0.25) is 9.59 Å². The first-order chi connectivity index (χ1) is 12.4. The van der Waals surface area contributed by atoms with Gasteiger partial charge in [-0.25, -0.2) is 0 Å². The first-order valence-corrected chi connectivity index (χ1v) is 8.68. The van der Waals surface area contributed by atoms with Crippen LogP contribution in [-0.4, -0.2) is 18.9 Å². The van der Waals surface area contributed by atoms with Crippen LogP contribution in [0.2, 0.25) is 0 Å². The highest BCUT2D eigenvalue weighted by Crippen LogP contribution is 2.20. The van der Waals surface area contributed by atoms with E-state index in [1.165, 1.54) is 5.56 Å². The van der Waals surface area contributed by atoms with Crippen LogP contribution in [0.25, 0.3) is 0 Å². The van der Waals surface area contributed by atoms with E-state index in [1.807, 2.05) is 48.5 Å². The van der Waals surface area contributed by atoms with E-state index in [4.69, 9.17) is 4.74 Å². The fourth-order valence-corrected chi connectivity index (χ4v) is 2.36. The summed E-state index contributed by atoms with van der Waals surface area (Å²) in [7, 11) is 1.60. The molecule has 0 radical (unpaired) electrons. The third kappa shape index (κ3) is 4.85. The number of hydrogen-bond acceptors (Lipinski definition) is 3. The zero-order valence-electron chi connectivity index (χ0n) is 15.8. The summed E-state index contributed by atoms with van der Waals surface area (Å²) in [5.41, 5.74) is 1.63. The predicted octanol–water partition coefficient (Wildman–Crippen LogP) is 3.54. The van der Waals surface area contributed by atoms with Crippen molar-refractivity contribution in [1.29, 1.82) is 0 Å². The van der Waals surface area contributed by atoms with Gasteiger partial charge in [0.05, 0.1) is 7.11 Å². The number of ether oxygens (including phenoxy) is 1. The van der Waals surface area contributed by atoms with Crippen LogP contribution in [-0.2, 0) is 22.6 Å². The van der Waals surface area contributed by atoms with E-state index >= 15 is 0 Å². The number of nitrogens with one attached hydrogen (secondary N) is 2. The fourth-order valence-electron chi connectivity index (χ4n) is 2.36. The quantitative estimate of drug-likeness (QED) is 0.748. The number of amides is 2. The van der Waals surface area contributed by atoms with Crippen LogP contribution in [0, 0.1) is 5.41 Å². The van der Waals surface area contributed by atoms with Crippen molar-refractivity contribution in [1.82, 2.24) is 5.32 Å². The molecular weight excluding hydrogens is 328 g/mol. The molecule has 0 aliphatic carbocycles. The standard InChI is InChI=1S/C21H26N2O3/c1-5-15-6-10-17(11-7-15)23-20(25)21(2,3)19(24)22-14-16-8-12-18(26-4)13-9-16/h6-13H,5,14H2,1-4H3,(H,22,24)(H,23,25). The van der Waals surface area contributed by atoms with Crippen LogP contribution in [0.15, 0.2) is 48.5 Å². The summed E-state index contributed by atoms with van der Waals surface area (Å²) in [5.74, 6) is 0.0962. The highest BCUT2D eigenvalue weighted by atomic mass is 16.5. The average Bonchev–Trinajstić information content (AvgIpc) is 2.66. The third-order valence-electron chi connectivity index (χ3n) is 4.37. The Labute approximate surface area is 154 Å². The van der Waals surface area contributed by atoms with Crippen LogP contribution in [0.1, 0.15) is 31.9 Å². The molecule has 2 aromatic rings. The second-order valence-corrected chi connectivity index (χ2v) is 6.66. The molecule has 0 heterocycles. The second-order valence-electron chi connectivity index (χ2n) is 6.66. The minimum Gasteiger partial charge on any atom is -0.497 e. The molecule has 0 aliphatic heterocycles. The summed E-state index contributed by atoms with van der Waals surface area (Å²) in [6.07, 6.45) is 0.938. The largest absolute Gasteiger partial charge is 0.497 e. The highest BCUT2D eigenvalue weighted by molar-refractivity contribution is 6.09. The average molecular weight is 354 g/mol. The number of carbonyl (C=O) groups excluding carboxylic acids is 2. The van der Waals surface area contributed by atoms with Gasteiger partial charge in [0.15, 0.2) is 0 Å². The lowest BCUT2D eigenvalue weighted by molar-refractivity contribution is -0.138. The maximum atomic E-state index is 12.5. The molecule has 0 spiro atoms. The molecule has 26 heavy (non-hydrogen) atoms. The SMILES string of the molecule is CCc1ccc(NC(=O)C(C)(C)C(=O)NCc2ccc(OC)cc2)cc1. The first-order valence-electron chi connectivity index (χ1n) is 8.68. The summed E-state index contributed by atoms with van der Waals surface area (Å²) >= 11 is 0. The molecular formula is C21H26N2O3. The normalized spacial score (nSPS) is 10.9. The Hall–Kier alpha value is -2.82. The number of hydrogen-bond donors (Lipinski definition) is 2. The number of rotatable bonds is 7. The Kier molecular flexibility index (Phi) is 6.39. The highest BCUT2D eigenvalue weighted by Gasteiger charge is 2.35. The number of methoxy groups -OCH3 is 1. The van der Waals surface area contributed by atoms with Crippen molar-refractivity contribution < 1.29 is 14.3 Å². The smallest absolute Gasteiger partial charge is 0.239 e. The van der Waals surface area contributed by atoms with E-state index in [0.29, 0.717) is 12.2 Å². The molecule has 5 nitrogen and oxygen atoms in total. The summed E-state index contributed by atoms with van der Waals surface area (Å²) in [4.78, 5) is 25.0. The number of benzene rings is 2. The van der Waals surface area contributed by atoms with E-state index in [-0.39, 0.29) is 11.8 Å². The first kappa shape index (κ1) is 19.5. The molecule has 2 amide bonds. The van der Waals surface area contributed by atoms with Gasteiger partial charge < -0.3 is 15.4 Å². The molecule has 0 bridgehead atoms. The maximum absolute atomic E-state index is 12.5. The molecule has 2 rings (SSSR count). The van der Waals surface area contributed by atoms with Gasteiger partial charge in [-0.05, 0) is 55.7 Å². The van der Waals surface area contributed by atoms with Gasteiger partial charge in [-0.2, -0.15) is 0 Å². The van der Waals surface area contributed by atoms with Crippen LogP contribution in [0.3, 0.4) is 0 Å². The van der Waals surface area contributed by atoms with Crippen molar-refractivity contribution in [3.05, 3.63) is 59.7 Å². The topological polar surface area (TPSA) is 67.4 Å². The predicted molar refractivity (Wildman–Crippen MR) is 103 cm³/mol. The van der Waals surface area contributed by atoms with E-state index in [0.717, 1.165) is 17.7 Å². The molecule has 2 aromatic carbocycles. The van der Waals surface area contributed by atoms with Crippen molar-refractivity contribution in [3.63, 3.8) is 0 Å². The maximum Gasteiger partial charge on any atom is 0.239 e. The minimum atomic E-state index is -1.18. The van der Waals surface area contributed by atoms with Gasteiger partial charge in [-0.15, -0.1) is 0 Å². The van der Waals surface area contributed by atoms with Gasteiger partial charge >= 0.3 is 0 Å². The molecule has 0 unspecified atom stereocenters. The molecule has 0 saturated heterocycles. The third-order valence-corrected chi connectivity index (χ3v) is 4.37. The fraction of sp³-hybridized carbons (Fsp3) is 0.333. The Bertz CT molecular complexity index is 750. The second kappa shape index (κ2) is 8.52. The number of anilines is 1. The van der Waals surface area contributed by atoms with Crippen molar-refractivity contribution in [2.75, 3.05) is 12.4 Å². The van der Waals surface area contributed by atoms with Crippen LogP contribution in [0.5, 0.6) is 5.75 Å². The molecule has 0 fully saturated rings. The van der Waals surface area contributed by atoms with Crippen LogP contribution >= 0.6 is 0 Å². The van der Waals surface area contributed by atoms with Gasteiger partial charge in [0.2, 0.25) is 11.8 Å². The Balaban J connectivity index is 1.95. The van der Waals surface area contributed by atoms with E-state index in [1.54, 1.807) is 21.0 Å². The van der Waals surface area contributed by atoms with E-state index < -0.39 is 5.41 Å². The van der Waals surface area contributed by atoms with Gasteiger partial charge in [0.1, 0.15) is 11.2 Å². The molecule has 2 N–H and O–H groups in total. The summed E-state index contributed by atoms with van der Waals surface area (Å²) < 4.78 is 5.11. The molecule has 0 aliphatic rings. The molecule has 0 aromatic heterocycles. The summed E-state index contributed by atoms with van der Waals surface area (Å²) in [5, 5.41) is 5.63. The number of aryl methyl sites for hydroxylation is 1. The molecule has 0 atom stereocenters. The van der Waals surface area contributed by atoms with Crippen molar-refractivity contribution in [2.45, 2.75) is 33.7 Å². The zero-order chi connectivity index (χ0) is 19.2. The monoisotopic (exact) mass is 354 g/mol. The van der Waals surface area contributed by atoms with Crippen molar-refractivity contribution in [2.24, 2.45) is 5.41 Å². The van der Waals surface area contributed by atoms with Crippen LogP contribution < -0.4 is 15.4 Å². The summed E-state index contributed by atoms with van der Waals surface area (Å²) in [6, 6.07) is 15.0. The molecule has 138 valence electrons. The lowest BCUT2D eigenvalue weighted by Crippen LogP contribution is -2.44. The Morgan fingerprint density at radius 1 is 0.923 bits per heavy atom. The van der Waals surface area contributed by atoms with Crippen molar-refractivity contribution >= 4 is 17.5 Å².